The number of carboxylic acids is 1. The molecular weight excluding hydrogens is 265 g/mol. The summed E-state index contributed by atoms with van der Waals surface area (Å²) >= 11 is 11.9. The molecule has 88 valence electrons. The Labute approximate surface area is 107 Å². The first-order valence-corrected chi connectivity index (χ1v) is 5.37. The van der Waals surface area contributed by atoms with Crippen LogP contribution in [0.5, 0.6) is 0 Å². The second-order valence-electron chi connectivity index (χ2n) is 3.27. The van der Waals surface area contributed by atoms with E-state index in [0.29, 0.717) is 21.6 Å². The lowest BCUT2D eigenvalue weighted by molar-refractivity contribution is 0.0683. The molecule has 0 amide bonds. The molecule has 17 heavy (non-hydrogen) atoms. The van der Waals surface area contributed by atoms with Gasteiger partial charge in [-0.1, -0.05) is 29.3 Å². The zero-order valence-corrected chi connectivity index (χ0v) is 10.2. The van der Waals surface area contributed by atoms with Crippen molar-refractivity contribution in [2.24, 2.45) is 0 Å². The molecular formula is C10H7Cl2N3O2. The summed E-state index contributed by atoms with van der Waals surface area (Å²) in [5.41, 5.74) is 0.497. The monoisotopic (exact) mass is 271 g/mol. The van der Waals surface area contributed by atoms with Gasteiger partial charge < -0.3 is 5.11 Å². The lowest BCUT2D eigenvalue weighted by atomic mass is 10.3. The van der Waals surface area contributed by atoms with Crippen molar-refractivity contribution in [3.05, 3.63) is 39.9 Å². The summed E-state index contributed by atoms with van der Waals surface area (Å²) in [4.78, 5) is 14.6. The third kappa shape index (κ3) is 2.11. The van der Waals surface area contributed by atoms with Gasteiger partial charge in [-0.3, -0.25) is 0 Å². The number of nitrogens with zero attached hydrogens (tertiary/aromatic N) is 3. The van der Waals surface area contributed by atoms with Crippen LogP contribution in [0.2, 0.25) is 10.0 Å². The molecule has 0 aliphatic carbocycles. The molecule has 1 aromatic heterocycles. The first-order valence-electron chi connectivity index (χ1n) is 4.62. The highest BCUT2D eigenvalue weighted by Gasteiger charge is 2.16. The van der Waals surface area contributed by atoms with E-state index in [0.717, 1.165) is 0 Å². The maximum Gasteiger partial charge on any atom is 0.375 e. The minimum absolute atomic E-state index is 0.279. The molecule has 2 rings (SSSR count). The highest BCUT2D eigenvalue weighted by atomic mass is 35.5. The van der Waals surface area contributed by atoms with E-state index in [1.807, 2.05) is 0 Å². The second-order valence-corrected chi connectivity index (χ2v) is 4.06. The molecule has 0 atom stereocenters. The van der Waals surface area contributed by atoms with Gasteiger partial charge in [-0.05, 0) is 19.1 Å². The zero-order valence-electron chi connectivity index (χ0n) is 8.69. The van der Waals surface area contributed by atoms with Crippen LogP contribution in [0.1, 0.15) is 16.4 Å². The van der Waals surface area contributed by atoms with Crippen LogP contribution in [0, 0.1) is 6.92 Å². The fourth-order valence-corrected chi connectivity index (χ4v) is 1.74. The summed E-state index contributed by atoms with van der Waals surface area (Å²) < 4.78 is 1.34. The van der Waals surface area contributed by atoms with Crippen LogP contribution in [0.4, 0.5) is 0 Å². The second kappa shape index (κ2) is 4.35. The Kier molecular flexibility index (Phi) is 3.04. The smallest absolute Gasteiger partial charge is 0.375 e. The molecule has 0 saturated heterocycles. The molecule has 7 heteroatoms. The Balaban J connectivity index is 2.60. The number of hydrogen-bond donors (Lipinski definition) is 1. The maximum atomic E-state index is 10.8. The minimum atomic E-state index is -1.19. The van der Waals surface area contributed by atoms with Crippen molar-refractivity contribution in [1.29, 1.82) is 0 Å². The number of aryl methyl sites for hydroxylation is 1. The lowest BCUT2D eigenvalue weighted by Crippen LogP contribution is -2.03. The van der Waals surface area contributed by atoms with Crippen molar-refractivity contribution in [1.82, 2.24) is 14.8 Å². The highest BCUT2D eigenvalue weighted by Crippen LogP contribution is 2.28. The van der Waals surface area contributed by atoms with E-state index in [-0.39, 0.29) is 5.82 Å². The molecule has 0 spiro atoms. The third-order valence-electron chi connectivity index (χ3n) is 2.12. The van der Waals surface area contributed by atoms with Gasteiger partial charge in [0.1, 0.15) is 5.82 Å². The molecule has 5 nitrogen and oxygen atoms in total. The fraction of sp³-hybridized carbons (Fsp3) is 0.100. The molecule has 0 saturated carbocycles. The summed E-state index contributed by atoms with van der Waals surface area (Å²) in [6, 6.07) is 5.02. The van der Waals surface area contributed by atoms with Crippen molar-refractivity contribution in [3.63, 3.8) is 0 Å². The van der Waals surface area contributed by atoms with Crippen LogP contribution >= 0.6 is 23.2 Å². The fourth-order valence-electron chi connectivity index (χ4n) is 1.36. The standard InChI is InChI=1S/C10H7Cl2N3O2/c1-5-13-9(10(16)17)14-15(5)7-4-2-3-6(11)8(7)12/h2-4H,1H3,(H,16,17). The summed E-state index contributed by atoms with van der Waals surface area (Å²) in [6.45, 7) is 1.64. The van der Waals surface area contributed by atoms with Crippen molar-refractivity contribution >= 4 is 29.2 Å². The van der Waals surface area contributed by atoms with Crippen molar-refractivity contribution in [2.75, 3.05) is 0 Å². The molecule has 0 fully saturated rings. The number of aromatic nitrogens is 3. The van der Waals surface area contributed by atoms with E-state index in [1.54, 1.807) is 25.1 Å². The molecule has 1 aromatic carbocycles. The molecule has 2 aromatic rings. The number of carboxylic acid groups (broad SMARTS) is 1. The normalized spacial score (nSPS) is 10.5. The molecule has 1 heterocycles. The van der Waals surface area contributed by atoms with E-state index >= 15 is 0 Å². The Hall–Kier alpha value is -1.59. The Morgan fingerprint density at radius 1 is 1.41 bits per heavy atom. The zero-order chi connectivity index (χ0) is 12.6. The quantitative estimate of drug-likeness (QED) is 0.912. The van der Waals surface area contributed by atoms with E-state index in [9.17, 15) is 4.79 Å². The lowest BCUT2D eigenvalue weighted by Gasteiger charge is -2.06. The van der Waals surface area contributed by atoms with Crippen molar-refractivity contribution in [3.8, 4) is 5.69 Å². The average molecular weight is 272 g/mol. The molecule has 0 unspecified atom stereocenters. The van der Waals surface area contributed by atoms with Gasteiger partial charge in [0.05, 0.1) is 15.7 Å². The van der Waals surface area contributed by atoms with Crippen molar-refractivity contribution < 1.29 is 9.90 Å². The first-order chi connectivity index (χ1) is 8.00. The third-order valence-corrected chi connectivity index (χ3v) is 2.93. The molecule has 0 aliphatic rings. The average Bonchev–Trinajstić information content (AvgIpc) is 2.65. The Morgan fingerprint density at radius 3 is 2.71 bits per heavy atom. The topological polar surface area (TPSA) is 68.0 Å². The van der Waals surface area contributed by atoms with E-state index in [4.69, 9.17) is 28.3 Å². The molecule has 0 radical (unpaired) electrons. The van der Waals surface area contributed by atoms with Crippen LogP contribution in [-0.4, -0.2) is 25.8 Å². The van der Waals surface area contributed by atoms with Gasteiger partial charge in [0.2, 0.25) is 0 Å². The summed E-state index contributed by atoms with van der Waals surface area (Å²) in [5, 5.41) is 13.3. The van der Waals surface area contributed by atoms with Crippen LogP contribution in [0.15, 0.2) is 18.2 Å². The van der Waals surface area contributed by atoms with Crippen LogP contribution in [-0.2, 0) is 0 Å². The predicted octanol–water partition coefficient (Wildman–Crippen LogP) is 2.58. The SMILES string of the molecule is Cc1nc(C(=O)O)nn1-c1cccc(Cl)c1Cl. The van der Waals surface area contributed by atoms with Gasteiger partial charge >= 0.3 is 5.97 Å². The Morgan fingerprint density at radius 2 is 2.12 bits per heavy atom. The Bertz CT molecular complexity index is 595. The van der Waals surface area contributed by atoms with Gasteiger partial charge in [0.15, 0.2) is 0 Å². The number of halogens is 2. The van der Waals surface area contributed by atoms with E-state index in [2.05, 4.69) is 10.1 Å². The molecule has 1 N–H and O–H groups in total. The van der Waals surface area contributed by atoms with Gasteiger partial charge in [-0.2, -0.15) is 0 Å². The highest BCUT2D eigenvalue weighted by molar-refractivity contribution is 6.43. The maximum absolute atomic E-state index is 10.8. The van der Waals surface area contributed by atoms with Gasteiger partial charge in [-0.25, -0.2) is 14.5 Å². The number of benzene rings is 1. The van der Waals surface area contributed by atoms with Gasteiger partial charge in [-0.15, -0.1) is 5.10 Å². The number of rotatable bonds is 2. The summed E-state index contributed by atoms with van der Waals surface area (Å²) in [5.74, 6) is -1.05. The number of hydrogen-bond acceptors (Lipinski definition) is 3. The minimum Gasteiger partial charge on any atom is -0.475 e. The summed E-state index contributed by atoms with van der Waals surface area (Å²) in [6.07, 6.45) is 0. The number of aromatic carboxylic acids is 1. The summed E-state index contributed by atoms with van der Waals surface area (Å²) in [7, 11) is 0. The van der Waals surface area contributed by atoms with E-state index < -0.39 is 5.97 Å². The van der Waals surface area contributed by atoms with Gasteiger partial charge in [0.25, 0.3) is 5.82 Å². The number of carbonyl (C=O) groups is 1. The van der Waals surface area contributed by atoms with Crippen LogP contribution in [0.3, 0.4) is 0 Å². The van der Waals surface area contributed by atoms with Gasteiger partial charge in [0, 0.05) is 0 Å². The first kappa shape index (κ1) is 11.9. The molecule has 0 aliphatic heterocycles. The predicted molar refractivity (Wildman–Crippen MR) is 63.1 cm³/mol. The molecule has 0 bridgehead atoms. The largest absolute Gasteiger partial charge is 0.475 e. The van der Waals surface area contributed by atoms with Crippen LogP contribution < -0.4 is 0 Å². The van der Waals surface area contributed by atoms with E-state index in [1.165, 1.54) is 4.68 Å². The van der Waals surface area contributed by atoms with Crippen molar-refractivity contribution in [2.45, 2.75) is 6.92 Å². The van der Waals surface area contributed by atoms with Crippen LogP contribution in [0.25, 0.3) is 5.69 Å².